The van der Waals surface area contributed by atoms with E-state index >= 15 is 0 Å². The van der Waals surface area contributed by atoms with E-state index < -0.39 is 0 Å². The average Bonchev–Trinajstić information content (AvgIpc) is 2.85. The van der Waals surface area contributed by atoms with Crippen LogP contribution >= 0.6 is 22.9 Å². The van der Waals surface area contributed by atoms with Crippen molar-refractivity contribution in [2.24, 2.45) is 0 Å². The fraction of sp³-hybridized carbons (Fsp3) is 0.357. The number of nitrogens with one attached hydrogen (secondary N) is 1. The third-order valence-electron chi connectivity index (χ3n) is 2.69. The van der Waals surface area contributed by atoms with Crippen molar-refractivity contribution in [2.75, 3.05) is 0 Å². The van der Waals surface area contributed by atoms with E-state index in [1.54, 1.807) is 0 Å². The van der Waals surface area contributed by atoms with Crippen LogP contribution in [-0.4, -0.2) is 22.2 Å². The zero-order valence-corrected chi connectivity index (χ0v) is 13.5. The van der Waals surface area contributed by atoms with E-state index in [-0.39, 0.29) is 27.5 Å². The molecule has 1 unspecified atom stereocenters. The number of hydrogen-bond donors (Lipinski definition) is 1. The molecule has 1 aromatic carbocycles. The second-order valence-corrected chi connectivity index (χ2v) is 6.32. The van der Waals surface area contributed by atoms with Crippen LogP contribution in [0.25, 0.3) is 0 Å². The topological polar surface area (TPSA) is 64.1 Å². The molecule has 0 aliphatic rings. The van der Waals surface area contributed by atoms with Crippen molar-refractivity contribution in [3.63, 3.8) is 0 Å². The largest absolute Gasteiger partial charge is 0.491 e. The molecule has 0 aliphatic heterocycles. The van der Waals surface area contributed by atoms with Crippen molar-refractivity contribution in [3.8, 4) is 5.75 Å². The summed E-state index contributed by atoms with van der Waals surface area (Å²) in [6, 6.07) is 7.41. The maximum atomic E-state index is 12.1. The lowest BCUT2D eigenvalue weighted by Gasteiger charge is -2.19. The predicted octanol–water partition coefficient (Wildman–Crippen LogP) is 3.47. The molecule has 0 bridgehead atoms. The number of para-hydroxylation sites is 1. The Kier molecular flexibility index (Phi) is 5.14. The van der Waals surface area contributed by atoms with E-state index in [1.165, 1.54) is 0 Å². The first-order chi connectivity index (χ1) is 9.97. The van der Waals surface area contributed by atoms with Gasteiger partial charge in [-0.3, -0.25) is 4.79 Å². The molecule has 2 rings (SSSR count). The van der Waals surface area contributed by atoms with Crippen molar-refractivity contribution in [1.29, 1.82) is 0 Å². The standard InChI is InChI=1S/C14H16ClN3O2S/c1-8(2)20-11-7-5-4-6-10(11)9(3)16-12(19)13-17-18-14(15)21-13/h4-9H,1-3H3,(H,16,19). The van der Waals surface area contributed by atoms with Crippen LogP contribution in [-0.2, 0) is 0 Å². The summed E-state index contributed by atoms with van der Waals surface area (Å²) >= 11 is 6.73. The van der Waals surface area contributed by atoms with Crippen molar-refractivity contribution < 1.29 is 9.53 Å². The third kappa shape index (κ3) is 4.15. The molecule has 112 valence electrons. The fourth-order valence-corrected chi connectivity index (χ4v) is 2.56. The number of halogens is 1. The Morgan fingerprint density at radius 2 is 2.00 bits per heavy atom. The number of hydrogen-bond acceptors (Lipinski definition) is 5. The smallest absolute Gasteiger partial charge is 0.282 e. The molecule has 2 aromatic rings. The van der Waals surface area contributed by atoms with Gasteiger partial charge in [-0.05, 0) is 38.4 Å². The van der Waals surface area contributed by atoms with E-state index in [4.69, 9.17) is 16.3 Å². The van der Waals surface area contributed by atoms with E-state index in [0.29, 0.717) is 0 Å². The third-order valence-corrected chi connectivity index (χ3v) is 3.71. The highest BCUT2D eigenvalue weighted by atomic mass is 35.5. The van der Waals surface area contributed by atoms with Crippen molar-refractivity contribution in [3.05, 3.63) is 39.3 Å². The molecule has 5 nitrogen and oxygen atoms in total. The molecule has 0 saturated heterocycles. The lowest BCUT2D eigenvalue weighted by molar-refractivity contribution is 0.0938. The molecule has 0 aliphatic carbocycles. The zero-order valence-electron chi connectivity index (χ0n) is 12.0. The minimum Gasteiger partial charge on any atom is -0.491 e. The highest BCUT2D eigenvalue weighted by Crippen LogP contribution is 2.26. The van der Waals surface area contributed by atoms with E-state index in [1.807, 2.05) is 45.0 Å². The Labute approximate surface area is 132 Å². The first kappa shape index (κ1) is 15.7. The summed E-state index contributed by atoms with van der Waals surface area (Å²) in [4.78, 5) is 12.1. The van der Waals surface area contributed by atoms with Gasteiger partial charge in [-0.15, -0.1) is 10.2 Å². The lowest BCUT2D eigenvalue weighted by atomic mass is 10.1. The Morgan fingerprint density at radius 1 is 1.29 bits per heavy atom. The predicted molar refractivity (Wildman–Crippen MR) is 83.0 cm³/mol. The SMILES string of the molecule is CC(C)Oc1ccccc1C(C)NC(=O)c1nnc(Cl)s1. The van der Waals surface area contributed by atoms with Gasteiger partial charge in [0.25, 0.3) is 5.91 Å². The maximum absolute atomic E-state index is 12.1. The molecule has 21 heavy (non-hydrogen) atoms. The molecule has 0 fully saturated rings. The summed E-state index contributed by atoms with van der Waals surface area (Å²) in [6.07, 6.45) is 0.0658. The highest BCUT2D eigenvalue weighted by molar-refractivity contribution is 7.17. The Morgan fingerprint density at radius 3 is 2.62 bits per heavy atom. The Bertz CT molecular complexity index is 630. The van der Waals surface area contributed by atoms with Gasteiger partial charge in [-0.2, -0.15) is 0 Å². The van der Waals surface area contributed by atoms with Crippen LogP contribution in [0.4, 0.5) is 0 Å². The molecule has 1 amide bonds. The van der Waals surface area contributed by atoms with Gasteiger partial charge < -0.3 is 10.1 Å². The maximum Gasteiger partial charge on any atom is 0.282 e. The second kappa shape index (κ2) is 6.87. The van der Waals surface area contributed by atoms with Gasteiger partial charge in [0.1, 0.15) is 5.75 Å². The molecular formula is C14H16ClN3O2S. The van der Waals surface area contributed by atoms with Crippen LogP contribution in [0, 0.1) is 0 Å². The van der Waals surface area contributed by atoms with E-state index in [0.717, 1.165) is 22.6 Å². The summed E-state index contributed by atoms with van der Waals surface area (Å²) in [5, 5.41) is 10.5. The summed E-state index contributed by atoms with van der Waals surface area (Å²) in [6.45, 7) is 5.82. The first-order valence-corrected chi connectivity index (χ1v) is 7.72. The number of carbonyl (C=O) groups is 1. The molecule has 0 spiro atoms. The van der Waals surface area contributed by atoms with Gasteiger partial charge in [-0.25, -0.2) is 0 Å². The number of nitrogens with zero attached hydrogens (tertiary/aromatic N) is 2. The van der Waals surface area contributed by atoms with Crippen molar-refractivity contribution in [2.45, 2.75) is 32.9 Å². The molecule has 1 aromatic heterocycles. The van der Waals surface area contributed by atoms with E-state index in [2.05, 4.69) is 15.5 Å². The normalized spacial score (nSPS) is 12.2. The van der Waals surface area contributed by atoms with Crippen LogP contribution in [0.1, 0.15) is 42.2 Å². The molecule has 0 saturated carbocycles. The minimum atomic E-state index is -0.300. The molecule has 1 heterocycles. The summed E-state index contributed by atoms with van der Waals surface area (Å²) in [5.41, 5.74) is 0.912. The number of carbonyl (C=O) groups excluding carboxylic acids is 1. The fourth-order valence-electron chi connectivity index (χ4n) is 1.83. The summed E-state index contributed by atoms with van der Waals surface area (Å²) < 4.78 is 6.01. The highest BCUT2D eigenvalue weighted by Gasteiger charge is 2.18. The van der Waals surface area contributed by atoms with Gasteiger partial charge >= 0.3 is 0 Å². The van der Waals surface area contributed by atoms with Crippen LogP contribution in [0.3, 0.4) is 0 Å². The van der Waals surface area contributed by atoms with E-state index in [9.17, 15) is 4.79 Å². The number of aromatic nitrogens is 2. The average molecular weight is 326 g/mol. The van der Waals surface area contributed by atoms with Crippen LogP contribution in [0.2, 0.25) is 4.47 Å². The monoisotopic (exact) mass is 325 g/mol. The van der Waals surface area contributed by atoms with Gasteiger partial charge in [-0.1, -0.05) is 29.5 Å². The first-order valence-electron chi connectivity index (χ1n) is 6.53. The number of ether oxygens (including phenoxy) is 1. The van der Waals surface area contributed by atoms with Gasteiger partial charge in [0.05, 0.1) is 12.1 Å². The Balaban J connectivity index is 2.13. The lowest BCUT2D eigenvalue weighted by Crippen LogP contribution is -2.27. The summed E-state index contributed by atoms with van der Waals surface area (Å²) in [5.74, 6) is 0.460. The van der Waals surface area contributed by atoms with Crippen molar-refractivity contribution in [1.82, 2.24) is 15.5 Å². The molecule has 7 heteroatoms. The van der Waals surface area contributed by atoms with Crippen LogP contribution in [0.15, 0.2) is 24.3 Å². The number of amides is 1. The van der Waals surface area contributed by atoms with Crippen molar-refractivity contribution >= 4 is 28.8 Å². The molecular weight excluding hydrogens is 310 g/mol. The van der Waals surface area contributed by atoms with Crippen LogP contribution < -0.4 is 10.1 Å². The second-order valence-electron chi connectivity index (χ2n) is 4.76. The Hall–Kier alpha value is -1.66. The summed E-state index contributed by atoms with van der Waals surface area (Å²) in [7, 11) is 0. The van der Waals surface area contributed by atoms with Gasteiger partial charge in [0.2, 0.25) is 9.47 Å². The zero-order chi connectivity index (χ0) is 15.4. The van der Waals surface area contributed by atoms with Crippen LogP contribution in [0.5, 0.6) is 5.75 Å². The van der Waals surface area contributed by atoms with Gasteiger partial charge in [0.15, 0.2) is 0 Å². The minimum absolute atomic E-state index is 0.0658. The number of rotatable bonds is 5. The molecule has 1 N–H and O–H groups in total. The molecule has 1 atom stereocenters. The quantitative estimate of drug-likeness (QED) is 0.914. The number of benzene rings is 1. The van der Waals surface area contributed by atoms with Gasteiger partial charge in [0, 0.05) is 5.56 Å². The molecule has 0 radical (unpaired) electrons.